The van der Waals surface area contributed by atoms with E-state index < -0.39 is 23.4 Å². The van der Waals surface area contributed by atoms with Gasteiger partial charge >= 0.3 is 5.97 Å². The van der Waals surface area contributed by atoms with E-state index in [0.717, 1.165) is 41.3 Å². The minimum Gasteiger partial charge on any atom is -0.480 e. The Morgan fingerprint density at radius 3 is 2.32 bits per heavy atom. The summed E-state index contributed by atoms with van der Waals surface area (Å²) in [6.07, 6.45) is 3.69. The fourth-order valence-electron chi connectivity index (χ4n) is 6.23. The molecular formula is C31H35N2O4+. The number of carbonyl (C=O) groups excluding carboxylic acids is 1. The normalized spacial score (nSPS) is 25.5. The molecule has 192 valence electrons. The Kier molecular flexibility index (Phi) is 5.99. The van der Waals surface area contributed by atoms with Crippen LogP contribution in [0.25, 0.3) is 0 Å². The van der Waals surface area contributed by atoms with Crippen molar-refractivity contribution in [3.8, 4) is 0 Å². The number of aliphatic carboxylic acids is 1. The van der Waals surface area contributed by atoms with Gasteiger partial charge in [-0.1, -0.05) is 63.2 Å². The van der Waals surface area contributed by atoms with Crippen LogP contribution < -0.4 is 4.90 Å². The van der Waals surface area contributed by atoms with Crippen LogP contribution >= 0.6 is 0 Å². The molecule has 2 heterocycles. The van der Waals surface area contributed by atoms with Crippen molar-refractivity contribution < 1.29 is 24.4 Å². The molecule has 0 bridgehead atoms. The van der Waals surface area contributed by atoms with Gasteiger partial charge in [-0.15, -0.1) is 0 Å². The number of Topliss-reactive ketones (excluding diaryl/α,β-unsaturated/α-hetero) is 1. The van der Waals surface area contributed by atoms with E-state index in [4.69, 9.17) is 0 Å². The summed E-state index contributed by atoms with van der Waals surface area (Å²) in [5.74, 6) is -1.77. The molecule has 5 rings (SSSR count). The summed E-state index contributed by atoms with van der Waals surface area (Å²) in [5, 5.41) is 20.8. The average molecular weight is 500 g/mol. The maximum absolute atomic E-state index is 13.5. The molecule has 2 aliphatic heterocycles. The van der Waals surface area contributed by atoms with Gasteiger partial charge < -0.3 is 15.1 Å². The van der Waals surface area contributed by atoms with Gasteiger partial charge in [0.1, 0.15) is 13.1 Å². The fraction of sp³-hybridized carbons (Fsp3) is 0.387. The summed E-state index contributed by atoms with van der Waals surface area (Å²) < 4.78 is 2.26. The van der Waals surface area contributed by atoms with Crippen molar-refractivity contribution in [1.82, 2.24) is 0 Å². The molecule has 2 aromatic carbocycles. The van der Waals surface area contributed by atoms with Crippen molar-refractivity contribution in [3.63, 3.8) is 0 Å². The Morgan fingerprint density at radius 2 is 1.68 bits per heavy atom. The Bertz CT molecular complexity index is 1400. The predicted octanol–water partition coefficient (Wildman–Crippen LogP) is 4.73. The molecule has 0 spiro atoms. The summed E-state index contributed by atoms with van der Waals surface area (Å²) in [7, 11) is 0. The van der Waals surface area contributed by atoms with Crippen LogP contribution in [-0.2, 0) is 20.4 Å². The lowest BCUT2D eigenvalue weighted by molar-refractivity contribution is -0.437. The van der Waals surface area contributed by atoms with Crippen molar-refractivity contribution in [2.45, 2.75) is 58.0 Å². The number of fused-ring (bicyclic) bond motifs is 2. The van der Waals surface area contributed by atoms with Crippen molar-refractivity contribution >= 4 is 28.8 Å². The van der Waals surface area contributed by atoms with E-state index >= 15 is 0 Å². The van der Waals surface area contributed by atoms with Crippen LogP contribution in [0, 0.1) is 5.92 Å². The molecule has 1 saturated carbocycles. The van der Waals surface area contributed by atoms with Crippen molar-refractivity contribution in [3.05, 3.63) is 83.1 Å². The summed E-state index contributed by atoms with van der Waals surface area (Å²) in [4.78, 5) is 26.9. The predicted molar refractivity (Wildman–Crippen MR) is 145 cm³/mol. The van der Waals surface area contributed by atoms with Gasteiger partial charge in [0.05, 0.1) is 17.4 Å². The second-order valence-corrected chi connectivity index (χ2v) is 11.3. The first-order valence-corrected chi connectivity index (χ1v) is 13.0. The number of carboxylic acids is 1. The highest BCUT2D eigenvalue weighted by molar-refractivity contribution is 6.14. The number of nitrogens with zero attached hydrogens (tertiary/aromatic N) is 2. The molecule has 2 aromatic rings. The van der Waals surface area contributed by atoms with E-state index in [0.29, 0.717) is 5.57 Å². The lowest BCUT2D eigenvalue weighted by Crippen LogP contribution is -2.46. The van der Waals surface area contributed by atoms with Crippen LogP contribution in [0.1, 0.15) is 52.2 Å². The average Bonchev–Trinajstić information content (AvgIpc) is 3.20. The number of ketones is 1. The van der Waals surface area contributed by atoms with Gasteiger partial charge in [0, 0.05) is 46.5 Å². The van der Waals surface area contributed by atoms with E-state index in [1.807, 2.05) is 56.3 Å². The van der Waals surface area contributed by atoms with Gasteiger partial charge in [0.25, 0.3) is 0 Å². The maximum atomic E-state index is 13.5. The number of para-hydroxylation sites is 2. The van der Waals surface area contributed by atoms with E-state index in [2.05, 4.69) is 37.5 Å². The van der Waals surface area contributed by atoms with E-state index in [1.54, 1.807) is 11.0 Å². The zero-order valence-corrected chi connectivity index (χ0v) is 22.2. The minimum atomic E-state index is -0.949. The molecule has 0 aromatic heterocycles. The van der Waals surface area contributed by atoms with Crippen molar-refractivity contribution in [2.75, 3.05) is 18.0 Å². The second-order valence-electron chi connectivity index (χ2n) is 11.3. The van der Waals surface area contributed by atoms with Gasteiger partial charge in [-0.25, -0.2) is 0 Å². The van der Waals surface area contributed by atoms with Crippen LogP contribution in [-0.4, -0.2) is 51.4 Å². The second kappa shape index (κ2) is 8.80. The minimum absolute atomic E-state index is 0.113. The number of anilines is 1. The highest BCUT2D eigenvalue weighted by atomic mass is 16.4. The van der Waals surface area contributed by atoms with Gasteiger partial charge in [-0.2, -0.15) is 4.58 Å². The topological polar surface area (TPSA) is 80.9 Å². The zero-order chi connectivity index (χ0) is 26.7. The Hall–Kier alpha value is -3.51. The van der Waals surface area contributed by atoms with E-state index in [1.165, 1.54) is 5.56 Å². The summed E-state index contributed by atoms with van der Waals surface area (Å²) >= 11 is 0. The summed E-state index contributed by atoms with van der Waals surface area (Å²) in [6.45, 7) is 11.1. The lowest BCUT2D eigenvalue weighted by Gasteiger charge is -2.35. The molecule has 2 unspecified atom stereocenters. The van der Waals surface area contributed by atoms with Gasteiger partial charge in [-0.3, -0.25) is 9.59 Å². The molecule has 2 atom stereocenters. The highest BCUT2D eigenvalue weighted by Crippen LogP contribution is 2.49. The van der Waals surface area contributed by atoms with E-state index in [-0.39, 0.29) is 17.7 Å². The standard InChI is InChI=1S/C31H34N2O4/c1-6-15-32-23-13-9-7-11-21(23)30(2,3)25(32)16-19-28(36)20(29(19)37)17-26-31(4,5)22-12-8-10-14-24(22)33(26)18-27(34)35/h7-14,16-17,20,28,36H,6,15,18H2,1-5H3/p+1. The molecule has 1 fully saturated rings. The molecular weight excluding hydrogens is 464 g/mol. The monoisotopic (exact) mass is 499 g/mol. The first-order chi connectivity index (χ1) is 17.5. The molecule has 0 radical (unpaired) electrons. The van der Waals surface area contributed by atoms with Gasteiger partial charge in [-0.05, 0) is 25.5 Å². The number of carbonyl (C=O) groups is 2. The fourth-order valence-corrected chi connectivity index (χ4v) is 6.23. The first kappa shape index (κ1) is 25.2. The number of benzene rings is 2. The first-order valence-electron chi connectivity index (χ1n) is 13.0. The zero-order valence-electron chi connectivity index (χ0n) is 22.2. The Balaban J connectivity index is 1.52. The number of carboxylic acid groups (broad SMARTS) is 1. The molecule has 6 heteroatoms. The van der Waals surface area contributed by atoms with E-state index in [9.17, 15) is 19.8 Å². The Morgan fingerprint density at radius 1 is 1.03 bits per heavy atom. The number of hydrogen-bond acceptors (Lipinski definition) is 4. The molecule has 1 aliphatic carbocycles. The van der Waals surface area contributed by atoms with Crippen LogP contribution in [0.3, 0.4) is 0 Å². The number of aliphatic hydroxyl groups is 1. The van der Waals surface area contributed by atoms with Crippen LogP contribution in [0.2, 0.25) is 0 Å². The molecule has 2 N–H and O–H groups in total. The molecule has 3 aliphatic rings. The Labute approximate surface area is 218 Å². The number of rotatable bonds is 6. The summed E-state index contributed by atoms with van der Waals surface area (Å²) in [6, 6.07) is 16.0. The third-order valence-electron chi connectivity index (χ3n) is 8.21. The smallest absolute Gasteiger partial charge is 0.323 e. The maximum Gasteiger partial charge on any atom is 0.323 e. The number of aliphatic hydroxyl groups excluding tert-OH is 1. The highest BCUT2D eigenvalue weighted by Gasteiger charge is 2.50. The number of allylic oxidation sites excluding steroid dienone is 2. The third-order valence-corrected chi connectivity index (χ3v) is 8.21. The van der Waals surface area contributed by atoms with Gasteiger partial charge in [0.2, 0.25) is 5.69 Å². The van der Waals surface area contributed by atoms with Crippen LogP contribution in [0.15, 0.2) is 72.0 Å². The van der Waals surface area contributed by atoms with Crippen molar-refractivity contribution in [1.29, 1.82) is 0 Å². The largest absolute Gasteiger partial charge is 0.480 e. The molecule has 37 heavy (non-hydrogen) atoms. The molecule has 6 nitrogen and oxygen atoms in total. The quantitative estimate of drug-likeness (QED) is 0.444. The molecule has 0 saturated heterocycles. The summed E-state index contributed by atoms with van der Waals surface area (Å²) in [5.41, 5.74) is 5.58. The number of hydrogen-bond donors (Lipinski definition) is 2. The third kappa shape index (κ3) is 3.77. The SMILES string of the molecule is CCC[N+]1=C(C=C2C(=O)C(C=C3N(CC(=O)O)c4ccccc4C3(C)C)C2O)C(C)(C)c2ccccc21. The molecule has 0 amide bonds. The van der Waals surface area contributed by atoms with Crippen LogP contribution in [0.5, 0.6) is 0 Å². The van der Waals surface area contributed by atoms with Crippen molar-refractivity contribution in [2.24, 2.45) is 5.92 Å². The van der Waals surface area contributed by atoms with Crippen LogP contribution in [0.4, 0.5) is 11.4 Å². The lowest BCUT2D eigenvalue weighted by atomic mass is 9.71. The van der Waals surface area contributed by atoms with Gasteiger partial charge in [0.15, 0.2) is 11.5 Å².